The number of urea groups is 1. The minimum atomic E-state index is -0.689. The fourth-order valence-electron chi connectivity index (χ4n) is 3.66. The smallest absolute Gasteiger partial charge is 0.341 e. The lowest BCUT2D eigenvalue weighted by Crippen LogP contribution is -2.64. The summed E-state index contributed by atoms with van der Waals surface area (Å²) in [4.78, 5) is 14.5. The standard InChI is InChI=1S/C20H20F3N3O2/c1-12-19(28-17-4-2-14(21)3-5-17)11-25(12)20(27)26-18(6-7-24-26)13-8-15(22)10-16(23)9-13/h2-4,7-10,12,17-19H,5-6,11H2,1H3/t12-,17?,18+,19+/m1/s1. The van der Waals surface area contributed by atoms with Gasteiger partial charge in [-0.3, -0.25) is 0 Å². The molecule has 0 aromatic heterocycles. The maximum absolute atomic E-state index is 13.6. The lowest BCUT2D eigenvalue weighted by atomic mass is 10.00. The van der Waals surface area contributed by atoms with Gasteiger partial charge in [-0.1, -0.05) is 6.08 Å². The van der Waals surface area contributed by atoms with Crippen LogP contribution in [-0.2, 0) is 4.74 Å². The van der Waals surface area contributed by atoms with Crippen LogP contribution in [0.3, 0.4) is 0 Å². The van der Waals surface area contributed by atoms with Crippen LogP contribution in [0, 0.1) is 11.6 Å². The number of likely N-dealkylation sites (tertiary alicyclic amines) is 1. The molecule has 0 N–H and O–H groups in total. The number of halogens is 3. The summed E-state index contributed by atoms with van der Waals surface area (Å²) >= 11 is 0. The second-order valence-electron chi connectivity index (χ2n) is 7.17. The Morgan fingerprint density at radius 3 is 2.57 bits per heavy atom. The van der Waals surface area contributed by atoms with Crippen molar-refractivity contribution in [3.63, 3.8) is 0 Å². The fourth-order valence-corrected chi connectivity index (χ4v) is 3.66. The molecular weight excluding hydrogens is 371 g/mol. The lowest BCUT2D eigenvalue weighted by Gasteiger charge is -2.48. The van der Waals surface area contributed by atoms with Crippen molar-refractivity contribution < 1.29 is 22.7 Å². The zero-order valence-corrected chi connectivity index (χ0v) is 15.3. The molecule has 28 heavy (non-hydrogen) atoms. The van der Waals surface area contributed by atoms with Crippen LogP contribution in [0.15, 0.2) is 47.4 Å². The van der Waals surface area contributed by atoms with Crippen LogP contribution in [0.5, 0.6) is 0 Å². The van der Waals surface area contributed by atoms with E-state index in [1.54, 1.807) is 17.2 Å². The van der Waals surface area contributed by atoms with Crippen LogP contribution in [0.2, 0.25) is 0 Å². The van der Waals surface area contributed by atoms with Gasteiger partial charge < -0.3 is 9.64 Å². The van der Waals surface area contributed by atoms with Gasteiger partial charge >= 0.3 is 6.03 Å². The molecule has 148 valence electrons. The number of rotatable bonds is 3. The molecule has 4 rings (SSSR count). The summed E-state index contributed by atoms with van der Waals surface area (Å²) in [7, 11) is 0. The van der Waals surface area contributed by atoms with E-state index in [-0.39, 0.29) is 30.1 Å². The molecule has 2 heterocycles. The molecule has 0 spiro atoms. The molecule has 5 nitrogen and oxygen atoms in total. The molecule has 0 saturated carbocycles. The van der Waals surface area contributed by atoms with Crippen molar-refractivity contribution in [2.75, 3.05) is 6.54 Å². The topological polar surface area (TPSA) is 45.1 Å². The van der Waals surface area contributed by atoms with Crippen molar-refractivity contribution in [2.24, 2.45) is 5.10 Å². The van der Waals surface area contributed by atoms with Crippen molar-refractivity contribution >= 4 is 12.2 Å². The second kappa shape index (κ2) is 7.43. The highest BCUT2D eigenvalue weighted by Gasteiger charge is 2.44. The molecule has 2 aliphatic heterocycles. The summed E-state index contributed by atoms with van der Waals surface area (Å²) in [5, 5.41) is 5.37. The van der Waals surface area contributed by atoms with E-state index in [0.29, 0.717) is 24.9 Å². The van der Waals surface area contributed by atoms with E-state index in [9.17, 15) is 18.0 Å². The Kier molecular flexibility index (Phi) is 4.97. The number of allylic oxidation sites excluding steroid dienone is 2. The first-order valence-corrected chi connectivity index (χ1v) is 9.20. The maximum atomic E-state index is 13.6. The SMILES string of the molecule is C[C@@H]1[C@@H](OC2C=CC(F)=CC2)CN1C(=O)N1N=CC[C@H]1c1cc(F)cc(F)c1. The summed E-state index contributed by atoms with van der Waals surface area (Å²) in [5.41, 5.74) is 0.366. The highest BCUT2D eigenvalue weighted by atomic mass is 19.1. The van der Waals surface area contributed by atoms with Crippen LogP contribution in [0.1, 0.15) is 31.4 Å². The number of carbonyl (C=O) groups excluding carboxylic acids is 1. The molecule has 4 atom stereocenters. The van der Waals surface area contributed by atoms with Crippen LogP contribution in [0.25, 0.3) is 0 Å². The van der Waals surface area contributed by atoms with Crippen molar-refractivity contribution in [3.05, 3.63) is 59.5 Å². The Balaban J connectivity index is 1.39. The average Bonchev–Trinajstić information content (AvgIpc) is 3.14. The van der Waals surface area contributed by atoms with Crippen molar-refractivity contribution in [2.45, 2.75) is 44.1 Å². The fraction of sp³-hybridized carbons (Fsp3) is 0.400. The van der Waals surface area contributed by atoms with Crippen LogP contribution >= 0.6 is 0 Å². The van der Waals surface area contributed by atoms with Gasteiger partial charge in [-0.05, 0) is 43.2 Å². The number of hydrazone groups is 1. The monoisotopic (exact) mass is 391 g/mol. The number of benzene rings is 1. The molecule has 1 unspecified atom stereocenters. The lowest BCUT2D eigenvalue weighted by molar-refractivity contribution is -0.100. The Hall–Kier alpha value is -2.61. The molecule has 8 heteroatoms. The molecule has 1 aromatic rings. The first kappa shape index (κ1) is 18.7. The number of amides is 2. The van der Waals surface area contributed by atoms with Crippen LogP contribution in [-0.4, -0.2) is 46.9 Å². The predicted molar refractivity (Wildman–Crippen MR) is 97.2 cm³/mol. The summed E-state index contributed by atoms with van der Waals surface area (Å²) in [6, 6.07) is 2.18. The summed E-state index contributed by atoms with van der Waals surface area (Å²) < 4.78 is 46.1. The molecule has 1 aliphatic carbocycles. The average molecular weight is 391 g/mol. The minimum Gasteiger partial charge on any atom is -0.367 e. The van der Waals surface area contributed by atoms with Crippen LogP contribution in [0.4, 0.5) is 18.0 Å². The van der Waals surface area contributed by atoms with E-state index in [2.05, 4.69) is 5.10 Å². The molecule has 0 radical (unpaired) electrons. The van der Waals surface area contributed by atoms with Crippen molar-refractivity contribution in [3.8, 4) is 0 Å². The van der Waals surface area contributed by atoms with Gasteiger partial charge in [0.2, 0.25) is 0 Å². The van der Waals surface area contributed by atoms with Gasteiger partial charge in [-0.25, -0.2) is 23.0 Å². The van der Waals surface area contributed by atoms with E-state index < -0.39 is 17.7 Å². The van der Waals surface area contributed by atoms with Crippen molar-refractivity contribution in [1.29, 1.82) is 0 Å². The number of hydrogen-bond donors (Lipinski definition) is 0. The Morgan fingerprint density at radius 1 is 1.18 bits per heavy atom. The number of nitrogens with zero attached hydrogens (tertiary/aromatic N) is 3. The molecule has 3 aliphatic rings. The summed E-state index contributed by atoms with van der Waals surface area (Å²) in [5.74, 6) is -1.65. The Morgan fingerprint density at radius 2 is 1.93 bits per heavy atom. The molecule has 0 bridgehead atoms. The third-order valence-electron chi connectivity index (χ3n) is 5.31. The predicted octanol–water partition coefficient (Wildman–Crippen LogP) is 4.09. The zero-order valence-electron chi connectivity index (χ0n) is 15.3. The summed E-state index contributed by atoms with van der Waals surface area (Å²) in [6.45, 7) is 2.25. The first-order chi connectivity index (χ1) is 13.4. The first-order valence-electron chi connectivity index (χ1n) is 9.20. The van der Waals surface area contributed by atoms with E-state index >= 15 is 0 Å². The molecule has 1 saturated heterocycles. The highest BCUT2D eigenvalue weighted by molar-refractivity contribution is 5.79. The van der Waals surface area contributed by atoms with Crippen molar-refractivity contribution in [1.82, 2.24) is 9.91 Å². The second-order valence-corrected chi connectivity index (χ2v) is 7.17. The van der Waals surface area contributed by atoms with Gasteiger partial charge in [0.05, 0.1) is 30.8 Å². The Bertz CT molecular complexity index is 850. The maximum Gasteiger partial charge on any atom is 0.341 e. The van der Waals surface area contributed by atoms with E-state index in [0.717, 1.165) is 6.07 Å². The zero-order chi connectivity index (χ0) is 19.8. The Labute approximate surface area is 160 Å². The van der Waals surface area contributed by atoms with E-state index in [1.165, 1.54) is 29.3 Å². The highest BCUT2D eigenvalue weighted by Crippen LogP contribution is 2.33. The van der Waals surface area contributed by atoms with Crippen LogP contribution < -0.4 is 0 Å². The normalized spacial score (nSPS) is 29.1. The molecule has 1 fully saturated rings. The third kappa shape index (κ3) is 3.56. The van der Waals surface area contributed by atoms with Gasteiger partial charge in [0.1, 0.15) is 17.5 Å². The van der Waals surface area contributed by atoms with E-state index in [1.807, 2.05) is 6.92 Å². The van der Waals surface area contributed by atoms with Gasteiger partial charge in [0, 0.05) is 18.7 Å². The number of ether oxygens (including phenoxy) is 1. The number of carbonyl (C=O) groups is 1. The van der Waals surface area contributed by atoms with Gasteiger partial charge in [-0.2, -0.15) is 5.10 Å². The third-order valence-corrected chi connectivity index (χ3v) is 5.31. The largest absolute Gasteiger partial charge is 0.367 e. The molecule has 1 aromatic carbocycles. The van der Waals surface area contributed by atoms with E-state index in [4.69, 9.17) is 4.74 Å². The summed E-state index contributed by atoms with van der Waals surface area (Å²) in [6.07, 6.45) is 6.57. The minimum absolute atomic E-state index is 0.162. The number of hydrogen-bond acceptors (Lipinski definition) is 3. The van der Waals surface area contributed by atoms with Gasteiger partial charge in [-0.15, -0.1) is 0 Å². The molecule has 2 amide bonds. The molecular formula is C20H20F3N3O2. The van der Waals surface area contributed by atoms with Gasteiger partial charge in [0.15, 0.2) is 0 Å². The quantitative estimate of drug-likeness (QED) is 0.779. The van der Waals surface area contributed by atoms with Gasteiger partial charge in [0.25, 0.3) is 0 Å².